The molecule has 0 heterocycles. The molecule has 2 unspecified atom stereocenters. The van der Waals surface area contributed by atoms with E-state index >= 15 is 0 Å². The molecule has 1 aliphatic rings. The number of carbonyl (C=O) groups excluding carboxylic acids is 2. The van der Waals surface area contributed by atoms with E-state index in [4.69, 9.17) is 0 Å². The van der Waals surface area contributed by atoms with E-state index in [-0.39, 0.29) is 23.7 Å². The van der Waals surface area contributed by atoms with E-state index < -0.39 is 0 Å². The van der Waals surface area contributed by atoms with Gasteiger partial charge in [-0.25, -0.2) is 0 Å². The molecule has 2 atom stereocenters. The van der Waals surface area contributed by atoms with Gasteiger partial charge in [-0.05, 0) is 48.6 Å². The molecule has 2 amide bonds. The maximum Gasteiger partial charge on any atom is 0.251 e. The van der Waals surface area contributed by atoms with Crippen LogP contribution in [0.25, 0.3) is 0 Å². The van der Waals surface area contributed by atoms with Crippen molar-refractivity contribution in [3.63, 3.8) is 0 Å². The third-order valence-corrected chi connectivity index (χ3v) is 4.98. The molecule has 26 heavy (non-hydrogen) atoms. The topological polar surface area (TPSA) is 58.2 Å². The minimum absolute atomic E-state index is 0.0132. The summed E-state index contributed by atoms with van der Waals surface area (Å²) in [4.78, 5) is 24.9. The second-order valence-corrected chi connectivity index (χ2v) is 7.09. The van der Waals surface area contributed by atoms with Crippen LogP contribution >= 0.6 is 0 Å². The fraction of sp³-hybridized carbons (Fsp3) is 0.364. The Hall–Kier alpha value is -2.62. The number of nitrogens with one attached hydrogen (secondary N) is 2. The van der Waals surface area contributed by atoms with Crippen LogP contribution < -0.4 is 10.6 Å². The Morgan fingerprint density at radius 2 is 1.69 bits per heavy atom. The summed E-state index contributed by atoms with van der Waals surface area (Å²) in [7, 11) is 0. The molecule has 0 aromatic heterocycles. The molecule has 1 aliphatic carbocycles. The van der Waals surface area contributed by atoms with Crippen molar-refractivity contribution in [2.24, 2.45) is 5.92 Å². The molecular formula is C22H26N2O2. The second kappa shape index (κ2) is 8.17. The van der Waals surface area contributed by atoms with Crippen molar-refractivity contribution in [1.29, 1.82) is 0 Å². The summed E-state index contributed by atoms with van der Waals surface area (Å²) in [6.07, 6.45) is 3.06. The zero-order valence-corrected chi connectivity index (χ0v) is 15.4. The number of amides is 2. The van der Waals surface area contributed by atoms with Crippen molar-refractivity contribution >= 4 is 17.5 Å². The number of benzene rings is 2. The molecule has 0 aliphatic heterocycles. The molecule has 2 N–H and O–H groups in total. The Morgan fingerprint density at radius 1 is 1.04 bits per heavy atom. The maximum atomic E-state index is 12.9. The predicted octanol–water partition coefficient (Wildman–Crippen LogP) is 4.35. The Labute approximate surface area is 155 Å². The first-order valence-electron chi connectivity index (χ1n) is 9.35. The van der Waals surface area contributed by atoms with Crippen LogP contribution in [-0.4, -0.2) is 17.9 Å². The van der Waals surface area contributed by atoms with Crippen molar-refractivity contribution in [3.8, 4) is 0 Å². The third-order valence-electron chi connectivity index (χ3n) is 4.98. The molecule has 1 fully saturated rings. The van der Waals surface area contributed by atoms with Gasteiger partial charge in [-0.3, -0.25) is 9.59 Å². The Kier molecular flexibility index (Phi) is 5.71. The number of rotatable bonds is 7. The van der Waals surface area contributed by atoms with Gasteiger partial charge in [-0.2, -0.15) is 0 Å². The highest BCUT2D eigenvalue weighted by Crippen LogP contribution is 2.28. The standard InChI is InChI=1S/C22H26N2O2/c1-3-15(2)20(16-7-5-4-6-8-16)22(26)24-18-11-9-17(10-12-18)21(25)23-19-13-14-19/h4-12,15,19-20H,3,13-14H2,1-2H3,(H,23,25)(H,24,26). The fourth-order valence-electron chi connectivity index (χ4n) is 3.06. The van der Waals surface area contributed by atoms with Gasteiger partial charge >= 0.3 is 0 Å². The Balaban J connectivity index is 1.69. The van der Waals surface area contributed by atoms with E-state index in [0.29, 0.717) is 17.3 Å². The SMILES string of the molecule is CCC(C)C(C(=O)Nc1ccc(C(=O)NC2CC2)cc1)c1ccccc1. The average molecular weight is 350 g/mol. The van der Waals surface area contributed by atoms with Crippen LogP contribution in [0.3, 0.4) is 0 Å². The lowest BCUT2D eigenvalue weighted by Gasteiger charge is -2.23. The van der Waals surface area contributed by atoms with E-state index in [0.717, 1.165) is 24.8 Å². The van der Waals surface area contributed by atoms with Gasteiger partial charge in [0.2, 0.25) is 5.91 Å². The van der Waals surface area contributed by atoms with Crippen LogP contribution in [0.15, 0.2) is 54.6 Å². The Bertz CT molecular complexity index is 751. The molecule has 136 valence electrons. The third kappa shape index (κ3) is 4.51. The summed E-state index contributed by atoms with van der Waals surface area (Å²) < 4.78 is 0. The number of hydrogen-bond acceptors (Lipinski definition) is 2. The lowest BCUT2D eigenvalue weighted by molar-refractivity contribution is -0.118. The summed E-state index contributed by atoms with van der Waals surface area (Å²) in [5.74, 6) is -0.0205. The highest BCUT2D eigenvalue weighted by molar-refractivity contribution is 5.98. The van der Waals surface area contributed by atoms with Crippen molar-refractivity contribution in [2.75, 3.05) is 5.32 Å². The van der Waals surface area contributed by atoms with Gasteiger partial charge in [-0.15, -0.1) is 0 Å². The zero-order chi connectivity index (χ0) is 18.5. The molecule has 4 nitrogen and oxygen atoms in total. The molecule has 0 saturated heterocycles. The molecule has 2 aromatic rings. The van der Waals surface area contributed by atoms with Gasteiger partial charge < -0.3 is 10.6 Å². The van der Waals surface area contributed by atoms with E-state index in [1.54, 1.807) is 24.3 Å². The molecular weight excluding hydrogens is 324 g/mol. The highest BCUT2D eigenvalue weighted by atomic mass is 16.2. The summed E-state index contributed by atoms with van der Waals surface area (Å²) in [6, 6.07) is 17.3. The van der Waals surface area contributed by atoms with Crippen LogP contribution in [0.1, 0.15) is 54.9 Å². The minimum Gasteiger partial charge on any atom is -0.349 e. The van der Waals surface area contributed by atoms with Crippen LogP contribution in [0, 0.1) is 5.92 Å². The van der Waals surface area contributed by atoms with Crippen molar-refractivity contribution in [3.05, 3.63) is 65.7 Å². The molecule has 2 aromatic carbocycles. The monoisotopic (exact) mass is 350 g/mol. The molecule has 3 rings (SSSR count). The summed E-state index contributed by atoms with van der Waals surface area (Å²) >= 11 is 0. The first-order chi connectivity index (χ1) is 12.6. The first-order valence-corrected chi connectivity index (χ1v) is 9.35. The highest BCUT2D eigenvalue weighted by Gasteiger charge is 2.26. The van der Waals surface area contributed by atoms with E-state index in [9.17, 15) is 9.59 Å². The number of hydrogen-bond donors (Lipinski definition) is 2. The molecule has 0 spiro atoms. The van der Waals surface area contributed by atoms with Crippen LogP contribution in [0.2, 0.25) is 0 Å². The summed E-state index contributed by atoms with van der Waals surface area (Å²) in [6.45, 7) is 4.20. The van der Waals surface area contributed by atoms with E-state index in [1.807, 2.05) is 30.3 Å². The molecule has 0 radical (unpaired) electrons. The average Bonchev–Trinajstić information content (AvgIpc) is 3.47. The lowest BCUT2D eigenvalue weighted by atomic mass is 9.85. The number of carbonyl (C=O) groups is 2. The normalized spacial score (nSPS) is 15.8. The second-order valence-electron chi connectivity index (χ2n) is 7.09. The van der Waals surface area contributed by atoms with Crippen molar-refractivity contribution in [1.82, 2.24) is 5.32 Å². The molecule has 4 heteroatoms. The maximum absolute atomic E-state index is 12.9. The lowest BCUT2D eigenvalue weighted by Crippen LogP contribution is -2.26. The van der Waals surface area contributed by atoms with Gasteiger partial charge in [0.1, 0.15) is 0 Å². The van der Waals surface area contributed by atoms with Crippen molar-refractivity contribution in [2.45, 2.75) is 45.1 Å². The smallest absolute Gasteiger partial charge is 0.251 e. The fourth-order valence-corrected chi connectivity index (χ4v) is 3.06. The van der Waals surface area contributed by atoms with Crippen LogP contribution in [-0.2, 0) is 4.79 Å². The van der Waals surface area contributed by atoms with Crippen molar-refractivity contribution < 1.29 is 9.59 Å². The van der Waals surface area contributed by atoms with Gasteiger partial charge in [-0.1, -0.05) is 50.6 Å². The zero-order valence-electron chi connectivity index (χ0n) is 15.4. The van der Waals surface area contributed by atoms with Gasteiger partial charge in [0, 0.05) is 17.3 Å². The molecule has 1 saturated carbocycles. The summed E-state index contributed by atoms with van der Waals surface area (Å²) in [5, 5.41) is 5.97. The Morgan fingerprint density at radius 3 is 2.27 bits per heavy atom. The predicted molar refractivity (Wildman–Crippen MR) is 104 cm³/mol. The quantitative estimate of drug-likeness (QED) is 0.780. The molecule has 0 bridgehead atoms. The van der Waals surface area contributed by atoms with E-state index in [2.05, 4.69) is 24.5 Å². The van der Waals surface area contributed by atoms with Crippen LogP contribution in [0.5, 0.6) is 0 Å². The van der Waals surface area contributed by atoms with Gasteiger partial charge in [0.05, 0.1) is 5.92 Å². The van der Waals surface area contributed by atoms with Crippen LogP contribution in [0.4, 0.5) is 5.69 Å². The largest absolute Gasteiger partial charge is 0.349 e. The summed E-state index contributed by atoms with van der Waals surface area (Å²) in [5.41, 5.74) is 2.36. The minimum atomic E-state index is -0.195. The van der Waals surface area contributed by atoms with E-state index in [1.165, 1.54) is 0 Å². The number of anilines is 1. The van der Waals surface area contributed by atoms with Gasteiger partial charge in [0.15, 0.2) is 0 Å². The van der Waals surface area contributed by atoms with Gasteiger partial charge in [0.25, 0.3) is 5.91 Å². The first kappa shape index (κ1) is 18.2.